The third kappa shape index (κ3) is 3.22. The second-order valence-corrected chi connectivity index (χ2v) is 3.92. The summed E-state index contributed by atoms with van der Waals surface area (Å²) >= 11 is 0. The standard InChI is InChI=1S/C13H21NO2/c1-4-11(9-15)14-10(2)12-7-5-6-8-13(12)16-3/h5-8,10-11,14-15H,4,9H2,1-3H3/t10-,11-/m0/s1. The molecule has 3 heteroatoms. The molecule has 1 rings (SSSR count). The van der Waals surface area contributed by atoms with Crippen LogP contribution in [0.25, 0.3) is 0 Å². The van der Waals surface area contributed by atoms with E-state index in [4.69, 9.17) is 9.84 Å². The molecule has 0 aliphatic heterocycles. The van der Waals surface area contributed by atoms with Crippen LogP contribution in [0.5, 0.6) is 5.75 Å². The number of aliphatic hydroxyl groups is 1. The molecule has 0 saturated heterocycles. The van der Waals surface area contributed by atoms with Gasteiger partial charge >= 0.3 is 0 Å². The highest BCUT2D eigenvalue weighted by atomic mass is 16.5. The van der Waals surface area contributed by atoms with Crippen LogP contribution in [-0.2, 0) is 0 Å². The number of para-hydroxylation sites is 1. The number of rotatable bonds is 6. The molecule has 1 aromatic carbocycles. The zero-order valence-electron chi connectivity index (χ0n) is 10.2. The monoisotopic (exact) mass is 223 g/mol. The van der Waals surface area contributed by atoms with Crippen molar-refractivity contribution in [3.63, 3.8) is 0 Å². The van der Waals surface area contributed by atoms with E-state index in [1.165, 1.54) is 0 Å². The Labute approximate surface area is 97.4 Å². The number of ether oxygens (including phenoxy) is 1. The summed E-state index contributed by atoms with van der Waals surface area (Å²) in [6, 6.07) is 8.26. The predicted molar refractivity (Wildman–Crippen MR) is 65.7 cm³/mol. The van der Waals surface area contributed by atoms with E-state index in [1.807, 2.05) is 24.3 Å². The number of methoxy groups -OCH3 is 1. The molecule has 0 aliphatic carbocycles. The zero-order chi connectivity index (χ0) is 12.0. The van der Waals surface area contributed by atoms with E-state index in [0.717, 1.165) is 17.7 Å². The number of benzene rings is 1. The molecule has 0 unspecified atom stereocenters. The average molecular weight is 223 g/mol. The molecule has 0 fully saturated rings. The van der Waals surface area contributed by atoms with E-state index in [1.54, 1.807) is 7.11 Å². The van der Waals surface area contributed by atoms with Crippen molar-refractivity contribution >= 4 is 0 Å². The van der Waals surface area contributed by atoms with Crippen LogP contribution in [0.3, 0.4) is 0 Å². The Morgan fingerprint density at radius 2 is 2.06 bits per heavy atom. The highest BCUT2D eigenvalue weighted by Crippen LogP contribution is 2.24. The average Bonchev–Trinajstić information content (AvgIpc) is 2.35. The molecule has 1 aromatic rings. The first-order valence-electron chi connectivity index (χ1n) is 5.72. The van der Waals surface area contributed by atoms with Gasteiger partial charge in [-0.2, -0.15) is 0 Å². The second-order valence-electron chi connectivity index (χ2n) is 3.92. The molecule has 0 radical (unpaired) electrons. The van der Waals surface area contributed by atoms with Crippen LogP contribution in [0.2, 0.25) is 0 Å². The number of aliphatic hydroxyl groups excluding tert-OH is 1. The van der Waals surface area contributed by atoms with E-state index in [-0.39, 0.29) is 18.7 Å². The number of nitrogens with one attached hydrogen (secondary N) is 1. The number of hydrogen-bond acceptors (Lipinski definition) is 3. The van der Waals surface area contributed by atoms with Crippen molar-refractivity contribution in [2.24, 2.45) is 0 Å². The minimum Gasteiger partial charge on any atom is -0.496 e. The van der Waals surface area contributed by atoms with Gasteiger partial charge in [-0.25, -0.2) is 0 Å². The topological polar surface area (TPSA) is 41.5 Å². The Morgan fingerprint density at radius 1 is 1.38 bits per heavy atom. The summed E-state index contributed by atoms with van der Waals surface area (Å²) in [6.45, 7) is 4.30. The summed E-state index contributed by atoms with van der Waals surface area (Å²) in [4.78, 5) is 0. The lowest BCUT2D eigenvalue weighted by Gasteiger charge is -2.22. The summed E-state index contributed by atoms with van der Waals surface area (Å²) in [5.41, 5.74) is 1.12. The lowest BCUT2D eigenvalue weighted by Crippen LogP contribution is -2.34. The fraction of sp³-hybridized carbons (Fsp3) is 0.538. The SMILES string of the molecule is CC[C@@H](CO)N[C@@H](C)c1ccccc1OC. The van der Waals surface area contributed by atoms with Gasteiger partial charge < -0.3 is 15.2 Å². The summed E-state index contributed by atoms with van der Waals surface area (Å²) < 4.78 is 5.31. The largest absolute Gasteiger partial charge is 0.496 e. The van der Waals surface area contributed by atoms with Crippen molar-refractivity contribution < 1.29 is 9.84 Å². The first kappa shape index (κ1) is 13.0. The molecule has 3 nitrogen and oxygen atoms in total. The molecule has 0 bridgehead atoms. The summed E-state index contributed by atoms with van der Waals surface area (Å²) in [5.74, 6) is 0.885. The molecule has 0 spiro atoms. The molecule has 2 N–H and O–H groups in total. The minimum absolute atomic E-state index is 0.139. The van der Waals surface area contributed by atoms with Crippen LogP contribution in [0, 0.1) is 0 Å². The quantitative estimate of drug-likeness (QED) is 0.776. The third-order valence-electron chi connectivity index (χ3n) is 2.80. The van der Waals surface area contributed by atoms with Gasteiger partial charge in [0.25, 0.3) is 0 Å². The molecule has 0 amide bonds. The van der Waals surface area contributed by atoms with Gasteiger partial charge in [-0.1, -0.05) is 25.1 Å². The highest BCUT2D eigenvalue weighted by Gasteiger charge is 2.13. The van der Waals surface area contributed by atoms with Crippen molar-refractivity contribution in [3.8, 4) is 5.75 Å². The lowest BCUT2D eigenvalue weighted by atomic mass is 10.1. The molecular weight excluding hydrogens is 202 g/mol. The Morgan fingerprint density at radius 3 is 2.62 bits per heavy atom. The van der Waals surface area contributed by atoms with Crippen molar-refractivity contribution in [2.75, 3.05) is 13.7 Å². The second kappa shape index (κ2) is 6.51. The van der Waals surface area contributed by atoms with Gasteiger partial charge in [0.1, 0.15) is 5.75 Å². The van der Waals surface area contributed by atoms with Crippen molar-refractivity contribution in [2.45, 2.75) is 32.4 Å². The zero-order valence-corrected chi connectivity index (χ0v) is 10.2. The van der Waals surface area contributed by atoms with Crippen LogP contribution >= 0.6 is 0 Å². The smallest absolute Gasteiger partial charge is 0.123 e. The Hall–Kier alpha value is -1.06. The lowest BCUT2D eigenvalue weighted by molar-refractivity contribution is 0.229. The first-order valence-corrected chi connectivity index (χ1v) is 5.72. The van der Waals surface area contributed by atoms with E-state index in [9.17, 15) is 0 Å². The van der Waals surface area contributed by atoms with Crippen molar-refractivity contribution in [3.05, 3.63) is 29.8 Å². The molecule has 16 heavy (non-hydrogen) atoms. The maximum absolute atomic E-state index is 9.15. The van der Waals surface area contributed by atoms with Gasteiger partial charge in [-0.3, -0.25) is 0 Å². The molecule has 0 aromatic heterocycles. The predicted octanol–water partition coefficient (Wildman–Crippen LogP) is 2.12. The Bertz CT molecular complexity index is 311. The fourth-order valence-corrected chi connectivity index (χ4v) is 1.77. The summed E-state index contributed by atoms with van der Waals surface area (Å²) in [7, 11) is 1.68. The van der Waals surface area contributed by atoms with E-state index < -0.39 is 0 Å². The molecule has 90 valence electrons. The Kier molecular flexibility index (Phi) is 5.29. The fourth-order valence-electron chi connectivity index (χ4n) is 1.77. The third-order valence-corrected chi connectivity index (χ3v) is 2.80. The molecular formula is C13H21NO2. The minimum atomic E-state index is 0.139. The van der Waals surface area contributed by atoms with Gasteiger partial charge in [-0.05, 0) is 19.4 Å². The van der Waals surface area contributed by atoms with Crippen molar-refractivity contribution in [1.29, 1.82) is 0 Å². The molecule has 0 saturated carbocycles. The van der Waals surface area contributed by atoms with Gasteiger partial charge in [-0.15, -0.1) is 0 Å². The van der Waals surface area contributed by atoms with Gasteiger partial charge in [0, 0.05) is 17.6 Å². The first-order chi connectivity index (χ1) is 7.72. The molecule has 0 aliphatic rings. The normalized spacial score (nSPS) is 14.5. The van der Waals surface area contributed by atoms with E-state index in [0.29, 0.717) is 0 Å². The Balaban J connectivity index is 2.75. The number of hydrogen-bond donors (Lipinski definition) is 2. The van der Waals surface area contributed by atoms with Crippen LogP contribution in [0.4, 0.5) is 0 Å². The maximum Gasteiger partial charge on any atom is 0.123 e. The van der Waals surface area contributed by atoms with Crippen LogP contribution in [-0.4, -0.2) is 24.9 Å². The van der Waals surface area contributed by atoms with Crippen LogP contribution in [0.15, 0.2) is 24.3 Å². The van der Waals surface area contributed by atoms with Crippen LogP contribution in [0.1, 0.15) is 31.9 Å². The molecule has 2 atom stereocenters. The highest BCUT2D eigenvalue weighted by molar-refractivity contribution is 5.35. The van der Waals surface area contributed by atoms with Gasteiger partial charge in [0.15, 0.2) is 0 Å². The van der Waals surface area contributed by atoms with E-state index >= 15 is 0 Å². The summed E-state index contributed by atoms with van der Waals surface area (Å²) in [5, 5.41) is 12.5. The van der Waals surface area contributed by atoms with Crippen molar-refractivity contribution in [1.82, 2.24) is 5.32 Å². The van der Waals surface area contributed by atoms with Gasteiger partial charge in [0.2, 0.25) is 0 Å². The van der Waals surface area contributed by atoms with Crippen LogP contribution < -0.4 is 10.1 Å². The maximum atomic E-state index is 9.15. The van der Waals surface area contributed by atoms with Gasteiger partial charge in [0.05, 0.1) is 13.7 Å². The summed E-state index contributed by atoms with van der Waals surface area (Å²) in [6.07, 6.45) is 0.913. The van der Waals surface area contributed by atoms with E-state index in [2.05, 4.69) is 19.2 Å². The molecule has 0 heterocycles.